The highest BCUT2D eigenvalue weighted by Crippen LogP contribution is 2.31. The molecule has 0 aliphatic heterocycles. The molecular formula is C14H22N2O2. The zero-order chi connectivity index (χ0) is 13.0. The highest BCUT2D eigenvalue weighted by Gasteiger charge is 2.32. The molecule has 1 aromatic heterocycles. The van der Waals surface area contributed by atoms with E-state index < -0.39 is 0 Å². The molecule has 1 amide bonds. The van der Waals surface area contributed by atoms with Crippen molar-refractivity contribution in [2.24, 2.45) is 17.6 Å². The van der Waals surface area contributed by atoms with Crippen LogP contribution in [0.3, 0.4) is 0 Å². The first-order valence-corrected chi connectivity index (χ1v) is 6.73. The summed E-state index contributed by atoms with van der Waals surface area (Å²) >= 11 is 0. The van der Waals surface area contributed by atoms with Gasteiger partial charge < -0.3 is 15.5 Å². The van der Waals surface area contributed by atoms with Crippen molar-refractivity contribution < 1.29 is 9.21 Å². The second-order valence-corrected chi connectivity index (χ2v) is 5.23. The zero-order valence-corrected chi connectivity index (χ0v) is 10.9. The van der Waals surface area contributed by atoms with E-state index in [4.69, 9.17) is 10.2 Å². The lowest BCUT2D eigenvalue weighted by atomic mass is 9.95. The third-order valence-corrected chi connectivity index (χ3v) is 3.77. The monoisotopic (exact) mass is 250 g/mol. The standard InChI is InChI=1S/C14H22N2O2/c1-10(8-12-5-3-7-18-12)16-14(17)13-6-2-4-11(13)9-15/h3,5,7,10-11,13H,2,4,6,8-9,15H2,1H3,(H,16,17). The Morgan fingerprint density at radius 1 is 1.61 bits per heavy atom. The molecule has 4 nitrogen and oxygen atoms in total. The largest absolute Gasteiger partial charge is 0.469 e. The predicted molar refractivity (Wildman–Crippen MR) is 69.9 cm³/mol. The summed E-state index contributed by atoms with van der Waals surface area (Å²) in [5.41, 5.74) is 5.71. The van der Waals surface area contributed by atoms with E-state index in [1.54, 1.807) is 6.26 Å². The molecule has 1 aliphatic rings. The molecule has 1 fully saturated rings. The quantitative estimate of drug-likeness (QED) is 0.835. The summed E-state index contributed by atoms with van der Waals surface area (Å²) in [4.78, 5) is 12.2. The van der Waals surface area contributed by atoms with E-state index in [1.807, 2.05) is 19.1 Å². The highest BCUT2D eigenvalue weighted by atomic mass is 16.3. The molecule has 0 spiro atoms. The Bertz CT molecular complexity index is 375. The SMILES string of the molecule is CC(Cc1ccco1)NC(=O)C1CCCC1CN. The van der Waals surface area contributed by atoms with Crippen LogP contribution in [-0.2, 0) is 11.2 Å². The minimum absolute atomic E-state index is 0.0997. The number of nitrogens with two attached hydrogens (primary N) is 1. The summed E-state index contributed by atoms with van der Waals surface area (Å²) in [7, 11) is 0. The van der Waals surface area contributed by atoms with Crippen LogP contribution >= 0.6 is 0 Å². The molecule has 1 heterocycles. The van der Waals surface area contributed by atoms with Crippen LogP contribution < -0.4 is 11.1 Å². The molecule has 0 aromatic carbocycles. The number of carbonyl (C=O) groups excluding carboxylic acids is 1. The average molecular weight is 250 g/mol. The molecule has 1 aliphatic carbocycles. The summed E-state index contributed by atoms with van der Waals surface area (Å²) < 4.78 is 5.28. The van der Waals surface area contributed by atoms with Crippen molar-refractivity contribution in [3.05, 3.63) is 24.2 Å². The van der Waals surface area contributed by atoms with Crippen LogP contribution in [0.15, 0.2) is 22.8 Å². The van der Waals surface area contributed by atoms with Crippen molar-refractivity contribution in [2.45, 2.75) is 38.6 Å². The van der Waals surface area contributed by atoms with Gasteiger partial charge in [-0.1, -0.05) is 6.42 Å². The fourth-order valence-electron chi connectivity index (χ4n) is 2.80. The lowest BCUT2D eigenvalue weighted by Gasteiger charge is -2.20. The Kier molecular flexibility index (Phi) is 4.42. The fourth-order valence-corrected chi connectivity index (χ4v) is 2.80. The van der Waals surface area contributed by atoms with Gasteiger partial charge in [-0.3, -0.25) is 4.79 Å². The molecule has 3 N–H and O–H groups in total. The third kappa shape index (κ3) is 3.13. The number of amides is 1. The minimum atomic E-state index is 0.0997. The highest BCUT2D eigenvalue weighted by molar-refractivity contribution is 5.79. The molecule has 0 saturated heterocycles. The van der Waals surface area contributed by atoms with Crippen LogP contribution in [-0.4, -0.2) is 18.5 Å². The Balaban J connectivity index is 1.83. The zero-order valence-electron chi connectivity index (χ0n) is 10.9. The molecule has 3 atom stereocenters. The van der Waals surface area contributed by atoms with Crippen LogP contribution in [0.5, 0.6) is 0 Å². The van der Waals surface area contributed by atoms with Gasteiger partial charge in [0.15, 0.2) is 0 Å². The third-order valence-electron chi connectivity index (χ3n) is 3.77. The molecule has 1 aromatic rings. The van der Waals surface area contributed by atoms with Crippen LogP contribution in [0, 0.1) is 11.8 Å². The smallest absolute Gasteiger partial charge is 0.223 e. The lowest BCUT2D eigenvalue weighted by molar-refractivity contribution is -0.126. The van der Waals surface area contributed by atoms with Gasteiger partial charge in [0.1, 0.15) is 5.76 Å². The predicted octanol–water partition coefficient (Wildman–Crippen LogP) is 1.70. The van der Waals surface area contributed by atoms with Crippen molar-refractivity contribution in [1.82, 2.24) is 5.32 Å². The first-order valence-electron chi connectivity index (χ1n) is 6.73. The molecule has 3 unspecified atom stereocenters. The molecule has 18 heavy (non-hydrogen) atoms. The van der Waals surface area contributed by atoms with Crippen molar-refractivity contribution >= 4 is 5.91 Å². The van der Waals surface area contributed by atoms with Gasteiger partial charge in [0.2, 0.25) is 5.91 Å². The normalized spacial score (nSPS) is 25.0. The van der Waals surface area contributed by atoms with Crippen LogP contribution in [0.25, 0.3) is 0 Å². The van der Waals surface area contributed by atoms with E-state index in [2.05, 4.69) is 5.32 Å². The Labute approximate surface area is 108 Å². The van der Waals surface area contributed by atoms with E-state index in [0.717, 1.165) is 31.4 Å². The van der Waals surface area contributed by atoms with E-state index in [0.29, 0.717) is 12.5 Å². The van der Waals surface area contributed by atoms with E-state index in [-0.39, 0.29) is 17.9 Å². The van der Waals surface area contributed by atoms with Crippen molar-refractivity contribution in [2.75, 3.05) is 6.54 Å². The Morgan fingerprint density at radius 3 is 3.11 bits per heavy atom. The van der Waals surface area contributed by atoms with Crippen molar-refractivity contribution in [3.63, 3.8) is 0 Å². The number of rotatable bonds is 5. The molecule has 1 saturated carbocycles. The Morgan fingerprint density at radius 2 is 2.44 bits per heavy atom. The minimum Gasteiger partial charge on any atom is -0.469 e. The number of hydrogen-bond donors (Lipinski definition) is 2. The van der Waals surface area contributed by atoms with Gasteiger partial charge in [-0.05, 0) is 44.4 Å². The van der Waals surface area contributed by atoms with Gasteiger partial charge in [-0.2, -0.15) is 0 Å². The molecule has 2 rings (SSSR count). The van der Waals surface area contributed by atoms with Crippen LogP contribution in [0.1, 0.15) is 31.9 Å². The van der Waals surface area contributed by atoms with Gasteiger partial charge in [0.25, 0.3) is 0 Å². The van der Waals surface area contributed by atoms with Gasteiger partial charge >= 0.3 is 0 Å². The van der Waals surface area contributed by atoms with Gasteiger partial charge in [-0.15, -0.1) is 0 Å². The average Bonchev–Trinajstić information content (AvgIpc) is 2.97. The summed E-state index contributed by atoms with van der Waals surface area (Å²) in [6, 6.07) is 3.90. The summed E-state index contributed by atoms with van der Waals surface area (Å²) in [5, 5.41) is 3.07. The first-order chi connectivity index (χ1) is 8.70. The number of hydrogen-bond acceptors (Lipinski definition) is 3. The fraction of sp³-hybridized carbons (Fsp3) is 0.643. The summed E-state index contributed by atoms with van der Waals surface area (Å²) in [5.74, 6) is 1.53. The molecule has 100 valence electrons. The van der Waals surface area contributed by atoms with Crippen molar-refractivity contribution in [1.29, 1.82) is 0 Å². The second-order valence-electron chi connectivity index (χ2n) is 5.23. The maximum Gasteiger partial charge on any atom is 0.223 e. The maximum absolute atomic E-state index is 12.2. The van der Waals surface area contributed by atoms with Gasteiger partial charge in [-0.25, -0.2) is 0 Å². The lowest BCUT2D eigenvalue weighted by Crippen LogP contribution is -2.40. The summed E-state index contributed by atoms with van der Waals surface area (Å²) in [6.45, 7) is 2.62. The van der Waals surface area contributed by atoms with Gasteiger partial charge in [0, 0.05) is 18.4 Å². The number of carbonyl (C=O) groups is 1. The van der Waals surface area contributed by atoms with Gasteiger partial charge in [0.05, 0.1) is 6.26 Å². The van der Waals surface area contributed by atoms with E-state index >= 15 is 0 Å². The molecule has 4 heteroatoms. The van der Waals surface area contributed by atoms with Crippen LogP contribution in [0.2, 0.25) is 0 Å². The van der Waals surface area contributed by atoms with E-state index in [9.17, 15) is 4.79 Å². The molecule has 0 bridgehead atoms. The second kappa shape index (κ2) is 6.05. The van der Waals surface area contributed by atoms with Crippen molar-refractivity contribution in [3.8, 4) is 0 Å². The topological polar surface area (TPSA) is 68.3 Å². The van der Waals surface area contributed by atoms with Crippen LogP contribution in [0.4, 0.5) is 0 Å². The first kappa shape index (κ1) is 13.1. The summed E-state index contributed by atoms with van der Waals surface area (Å²) in [6.07, 6.45) is 5.57. The molecule has 0 radical (unpaired) electrons. The number of furan rings is 1. The Hall–Kier alpha value is -1.29. The number of nitrogens with one attached hydrogen (secondary N) is 1. The van der Waals surface area contributed by atoms with E-state index in [1.165, 1.54) is 0 Å². The maximum atomic E-state index is 12.2. The molecular weight excluding hydrogens is 228 g/mol.